The fourth-order valence-electron chi connectivity index (χ4n) is 1.78. The largest absolute Gasteiger partial charge is 0.512 e. The Morgan fingerprint density at radius 1 is 1.14 bits per heavy atom. The van der Waals surface area contributed by atoms with Crippen LogP contribution in [-0.2, 0) is 25.6 Å². The third-order valence-corrected chi connectivity index (χ3v) is 2.87. The van der Waals surface area contributed by atoms with Gasteiger partial charge in [-0.2, -0.15) is 0 Å². The number of benzene rings is 1. The van der Waals surface area contributed by atoms with Crippen LogP contribution in [0.25, 0.3) is 0 Å². The zero-order valence-corrected chi connectivity index (χ0v) is 12.8. The van der Waals surface area contributed by atoms with E-state index in [0.29, 0.717) is 0 Å². The van der Waals surface area contributed by atoms with Crippen LogP contribution in [0.4, 0.5) is 0 Å². The first-order valence-electron chi connectivity index (χ1n) is 6.62. The van der Waals surface area contributed by atoms with Gasteiger partial charge in [0.15, 0.2) is 0 Å². The van der Waals surface area contributed by atoms with Crippen LogP contribution in [0.15, 0.2) is 46.7 Å². The van der Waals surface area contributed by atoms with Crippen molar-refractivity contribution in [2.45, 2.75) is 19.9 Å². The maximum Gasteiger partial charge on any atom is 0.343 e. The minimum absolute atomic E-state index is 0.121. The lowest BCUT2D eigenvalue weighted by molar-refractivity contribution is -0.139. The number of allylic oxidation sites excluding steroid dienone is 1. The summed E-state index contributed by atoms with van der Waals surface area (Å²) in [6, 6.07) is 9.33. The van der Waals surface area contributed by atoms with E-state index < -0.39 is 11.9 Å². The van der Waals surface area contributed by atoms with Gasteiger partial charge in [0, 0.05) is 0 Å². The standard InChI is InChI=1S/C16H19NO5/c1-11(18)15(16(20)22-3)13(9-14(19)21-2)17-10-12-7-5-4-6-8-12/h4-8,18H,9-10H2,1-3H3. The third kappa shape index (κ3) is 5.05. The minimum Gasteiger partial charge on any atom is -0.512 e. The Balaban J connectivity index is 3.14. The summed E-state index contributed by atoms with van der Waals surface area (Å²) in [5, 5.41) is 9.71. The number of hydrogen-bond donors (Lipinski definition) is 1. The number of ether oxygens (including phenoxy) is 2. The Kier molecular flexibility index (Phi) is 6.82. The predicted molar refractivity (Wildman–Crippen MR) is 81.6 cm³/mol. The van der Waals surface area contributed by atoms with Crippen molar-refractivity contribution in [2.75, 3.05) is 14.2 Å². The number of aliphatic imine (C=N–C) groups is 1. The second-order valence-corrected chi connectivity index (χ2v) is 4.45. The summed E-state index contributed by atoms with van der Waals surface area (Å²) in [6.45, 7) is 1.60. The number of esters is 2. The number of aliphatic hydroxyl groups excluding tert-OH is 1. The Morgan fingerprint density at radius 2 is 1.77 bits per heavy atom. The van der Waals surface area contributed by atoms with E-state index in [-0.39, 0.29) is 30.0 Å². The highest BCUT2D eigenvalue weighted by Gasteiger charge is 2.22. The van der Waals surface area contributed by atoms with Crippen molar-refractivity contribution in [3.8, 4) is 0 Å². The molecular formula is C16H19NO5. The lowest BCUT2D eigenvalue weighted by Gasteiger charge is -2.10. The maximum absolute atomic E-state index is 11.8. The monoisotopic (exact) mass is 305 g/mol. The van der Waals surface area contributed by atoms with Crippen molar-refractivity contribution < 1.29 is 24.2 Å². The molecule has 118 valence electrons. The summed E-state index contributed by atoms with van der Waals surface area (Å²) < 4.78 is 9.23. The Hall–Kier alpha value is -2.63. The van der Waals surface area contributed by atoms with E-state index >= 15 is 0 Å². The molecule has 0 atom stereocenters. The number of hydrogen-bond acceptors (Lipinski definition) is 6. The molecule has 0 radical (unpaired) electrons. The smallest absolute Gasteiger partial charge is 0.343 e. The van der Waals surface area contributed by atoms with Gasteiger partial charge in [0.25, 0.3) is 0 Å². The molecule has 0 aliphatic heterocycles. The van der Waals surface area contributed by atoms with Crippen molar-refractivity contribution in [3.05, 3.63) is 47.2 Å². The molecule has 0 aliphatic carbocycles. The second kappa shape index (κ2) is 8.61. The lowest BCUT2D eigenvalue weighted by atomic mass is 10.1. The number of nitrogens with zero attached hydrogens (tertiary/aromatic N) is 1. The van der Waals surface area contributed by atoms with Crippen LogP contribution in [0.5, 0.6) is 0 Å². The van der Waals surface area contributed by atoms with E-state index in [1.807, 2.05) is 30.3 Å². The first kappa shape index (κ1) is 17.4. The summed E-state index contributed by atoms with van der Waals surface area (Å²) in [4.78, 5) is 27.6. The summed E-state index contributed by atoms with van der Waals surface area (Å²) in [5.74, 6) is -1.58. The molecule has 6 nitrogen and oxygen atoms in total. The lowest BCUT2D eigenvalue weighted by Crippen LogP contribution is -2.20. The van der Waals surface area contributed by atoms with Crippen LogP contribution in [0.1, 0.15) is 18.9 Å². The summed E-state index contributed by atoms with van der Waals surface area (Å²) >= 11 is 0. The van der Waals surface area contributed by atoms with Crippen molar-refractivity contribution in [2.24, 2.45) is 4.99 Å². The summed E-state index contributed by atoms with van der Waals surface area (Å²) in [7, 11) is 2.43. The molecule has 0 fully saturated rings. The van der Waals surface area contributed by atoms with Crippen LogP contribution >= 0.6 is 0 Å². The summed E-state index contributed by atoms with van der Waals surface area (Å²) in [6.07, 6.45) is -0.230. The van der Waals surface area contributed by atoms with E-state index in [0.717, 1.165) is 5.56 Å². The van der Waals surface area contributed by atoms with Gasteiger partial charge in [0.2, 0.25) is 0 Å². The summed E-state index contributed by atoms with van der Waals surface area (Å²) in [5.41, 5.74) is 0.913. The molecule has 0 spiro atoms. The van der Waals surface area contributed by atoms with E-state index in [2.05, 4.69) is 14.5 Å². The van der Waals surface area contributed by atoms with Crippen LogP contribution in [0.2, 0.25) is 0 Å². The van der Waals surface area contributed by atoms with Gasteiger partial charge in [-0.15, -0.1) is 0 Å². The molecular weight excluding hydrogens is 286 g/mol. The Labute approximate surface area is 129 Å². The molecule has 0 aromatic heterocycles. The van der Waals surface area contributed by atoms with Gasteiger partial charge in [-0.25, -0.2) is 4.79 Å². The Morgan fingerprint density at radius 3 is 2.27 bits per heavy atom. The van der Waals surface area contributed by atoms with Gasteiger partial charge in [0.1, 0.15) is 11.3 Å². The first-order chi connectivity index (χ1) is 10.5. The highest BCUT2D eigenvalue weighted by Crippen LogP contribution is 2.12. The zero-order valence-electron chi connectivity index (χ0n) is 12.8. The van der Waals surface area contributed by atoms with E-state index in [1.54, 1.807) is 0 Å². The zero-order chi connectivity index (χ0) is 16.5. The molecule has 0 saturated carbocycles. The van der Waals surface area contributed by atoms with E-state index in [4.69, 9.17) is 0 Å². The number of methoxy groups -OCH3 is 2. The van der Waals surface area contributed by atoms with E-state index in [1.165, 1.54) is 21.1 Å². The molecule has 0 aliphatic rings. The highest BCUT2D eigenvalue weighted by atomic mass is 16.5. The van der Waals surface area contributed by atoms with E-state index in [9.17, 15) is 14.7 Å². The molecule has 1 aromatic carbocycles. The molecule has 1 aromatic rings. The van der Waals surface area contributed by atoms with Crippen molar-refractivity contribution in [1.29, 1.82) is 0 Å². The second-order valence-electron chi connectivity index (χ2n) is 4.45. The number of aliphatic hydroxyl groups is 1. The van der Waals surface area contributed by atoms with Gasteiger partial charge in [-0.3, -0.25) is 9.79 Å². The fraction of sp³-hybridized carbons (Fsp3) is 0.312. The van der Waals surface area contributed by atoms with Gasteiger partial charge < -0.3 is 14.6 Å². The van der Waals surface area contributed by atoms with Crippen molar-refractivity contribution in [3.63, 3.8) is 0 Å². The SMILES string of the molecule is COC(=O)CC(=NCc1ccccc1)C(C(=O)OC)=C(C)O. The molecule has 1 N–H and O–H groups in total. The average molecular weight is 305 g/mol. The maximum atomic E-state index is 11.8. The quantitative estimate of drug-likeness (QED) is 0.377. The molecule has 0 heterocycles. The number of rotatable bonds is 6. The van der Waals surface area contributed by atoms with Crippen LogP contribution in [0.3, 0.4) is 0 Å². The Bertz CT molecular complexity index is 586. The molecule has 0 saturated heterocycles. The van der Waals surface area contributed by atoms with Crippen LogP contribution in [-0.4, -0.2) is 37.0 Å². The third-order valence-electron chi connectivity index (χ3n) is 2.87. The molecule has 22 heavy (non-hydrogen) atoms. The average Bonchev–Trinajstić information content (AvgIpc) is 2.52. The molecule has 0 bridgehead atoms. The number of carbonyl (C=O) groups is 2. The topological polar surface area (TPSA) is 85.2 Å². The fourth-order valence-corrected chi connectivity index (χ4v) is 1.78. The van der Waals surface area contributed by atoms with Gasteiger partial charge >= 0.3 is 11.9 Å². The normalized spacial score (nSPS) is 12.4. The molecule has 1 rings (SSSR count). The minimum atomic E-state index is -0.754. The van der Waals surface area contributed by atoms with Crippen LogP contribution in [0, 0.1) is 0 Å². The molecule has 0 amide bonds. The van der Waals surface area contributed by atoms with Crippen molar-refractivity contribution >= 4 is 17.7 Å². The van der Waals surface area contributed by atoms with Gasteiger partial charge in [0.05, 0.1) is 32.9 Å². The highest BCUT2D eigenvalue weighted by molar-refractivity contribution is 6.23. The molecule has 0 unspecified atom stereocenters. The first-order valence-corrected chi connectivity index (χ1v) is 6.62. The number of carbonyl (C=O) groups excluding carboxylic acids is 2. The van der Waals surface area contributed by atoms with Gasteiger partial charge in [-0.1, -0.05) is 30.3 Å². The van der Waals surface area contributed by atoms with Crippen molar-refractivity contribution in [1.82, 2.24) is 0 Å². The van der Waals surface area contributed by atoms with Crippen LogP contribution < -0.4 is 0 Å². The predicted octanol–water partition coefficient (Wildman–Crippen LogP) is 2.20. The molecule has 6 heteroatoms. The van der Waals surface area contributed by atoms with Gasteiger partial charge in [-0.05, 0) is 12.5 Å².